The van der Waals surface area contributed by atoms with Crippen molar-refractivity contribution in [3.05, 3.63) is 50.9 Å². The minimum atomic E-state index is 0.194. The first-order chi connectivity index (χ1) is 12.1. The Morgan fingerprint density at radius 3 is 2.56 bits per heavy atom. The Kier molecular flexibility index (Phi) is 5.86. The van der Waals surface area contributed by atoms with Crippen LogP contribution in [0.15, 0.2) is 50.4 Å². The van der Waals surface area contributed by atoms with E-state index in [9.17, 15) is 5.11 Å². The van der Waals surface area contributed by atoms with Gasteiger partial charge in [-0.15, -0.1) is 0 Å². The third-order valence-corrected chi connectivity index (χ3v) is 5.16. The maximum Gasteiger partial charge on any atom is 0.142 e. The number of aromatic hydroxyl groups is 1. The molecule has 0 radical (unpaired) electrons. The summed E-state index contributed by atoms with van der Waals surface area (Å²) in [6.45, 7) is 3.35. The number of ether oxygens (including phenoxy) is 1. The van der Waals surface area contributed by atoms with Crippen molar-refractivity contribution >= 4 is 43.8 Å². The topological polar surface area (TPSA) is 48.3 Å². The van der Waals surface area contributed by atoms with Gasteiger partial charge in [0.15, 0.2) is 0 Å². The summed E-state index contributed by atoms with van der Waals surface area (Å²) >= 11 is 6.76. The summed E-state index contributed by atoms with van der Waals surface area (Å²) in [4.78, 5) is 2.30. The van der Waals surface area contributed by atoms with Crippen LogP contribution in [0.3, 0.4) is 0 Å². The zero-order valence-corrected chi connectivity index (χ0v) is 17.0. The number of hydrazone groups is 1. The SMILES string of the molecule is COc1ccccc1N1CCN(/N=C/c2cc(Br)cc(Br)c2O)CC1. The van der Waals surface area contributed by atoms with Crippen molar-refractivity contribution in [1.29, 1.82) is 0 Å². The van der Waals surface area contributed by atoms with Crippen LogP contribution in [0.1, 0.15) is 5.56 Å². The zero-order chi connectivity index (χ0) is 17.8. The van der Waals surface area contributed by atoms with Crippen molar-refractivity contribution in [3.8, 4) is 11.5 Å². The quantitative estimate of drug-likeness (QED) is 0.686. The molecule has 0 amide bonds. The van der Waals surface area contributed by atoms with Crippen molar-refractivity contribution in [2.24, 2.45) is 5.10 Å². The Morgan fingerprint density at radius 2 is 1.84 bits per heavy atom. The first-order valence-corrected chi connectivity index (χ1v) is 9.52. The lowest BCUT2D eigenvalue weighted by Gasteiger charge is -2.35. The molecule has 1 heterocycles. The minimum Gasteiger partial charge on any atom is -0.506 e. The summed E-state index contributed by atoms with van der Waals surface area (Å²) < 4.78 is 6.98. The molecule has 2 aromatic rings. The summed E-state index contributed by atoms with van der Waals surface area (Å²) in [6.07, 6.45) is 1.70. The molecule has 3 rings (SSSR count). The molecule has 0 atom stereocenters. The Bertz CT molecular complexity index is 775. The highest BCUT2D eigenvalue weighted by molar-refractivity contribution is 9.11. The van der Waals surface area contributed by atoms with Crippen LogP contribution >= 0.6 is 31.9 Å². The molecule has 7 heteroatoms. The predicted molar refractivity (Wildman–Crippen MR) is 108 cm³/mol. The van der Waals surface area contributed by atoms with Crippen molar-refractivity contribution in [3.63, 3.8) is 0 Å². The average molecular weight is 469 g/mol. The first-order valence-electron chi connectivity index (χ1n) is 7.93. The fourth-order valence-electron chi connectivity index (χ4n) is 2.77. The van der Waals surface area contributed by atoms with E-state index in [-0.39, 0.29) is 5.75 Å². The molecule has 0 saturated carbocycles. The summed E-state index contributed by atoms with van der Waals surface area (Å²) in [5.41, 5.74) is 1.79. The van der Waals surface area contributed by atoms with E-state index < -0.39 is 0 Å². The fraction of sp³-hybridized carbons (Fsp3) is 0.278. The number of para-hydroxylation sites is 2. The Hall–Kier alpha value is -1.73. The molecule has 1 saturated heterocycles. The van der Waals surface area contributed by atoms with Crippen LogP contribution in [0, 0.1) is 0 Å². The largest absolute Gasteiger partial charge is 0.506 e. The second-order valence-electron chi connectivity index (χ2n) is 5.68. The third kappa shape index (κ3) is 4.27. The molecule has 0 spiro atoms. The monoisotopic (exact) mass is 467 g/mol. The zero-order valence-electron chi connectivity index (χ0n) is 13.8. The van der Waals surface area contributed by atoms with Gasteiger partial charge in [-0.05, 0) is 40.2 Å². The predicted octanol–water partition coefficient (Wildman–Crippen LogP) is 4.08. The number of benzene rings is 2. The summed E-state index contributed by atoms with van der Waals surface area (Å²) in [5.74, 6) is 1.09. The van der Waals surface area contributed by atoms with Gasteiger partial charge >= 0.3 is 0 Å². The van der Waals surface area contributed by atoms with Crippen LogP contribution in [0.25, 0.3) is 0 Å². The van der Waals surface area contributed by atoms with E-state index in [1.165, 1.54) is 0 Å². The number of phenols is 1. The molecule has 0 unspecified atom stereocenters. The molecule has 5 nitrogen and oxygen atoms in total. The second kappa shape index (κ2) is 8.10. The molecular formula is C18H19Br2N3O2. The third-order valence-electron chi connectivity index (χ3n) is 4.10. The van der Waals surface area contributed by atoms with Crippen LogP contribution in [0.2, 0.25) is 0 Å². The molecule has 2 aromatic carbocycles. The fourth-order valence-corrected chi connectivity index (χ4v) is 4.03. The molecule has 1 fully saturated rings. The molecule has 0 aliphatic carbocycles. The highest BCUT2D eigenvalue weighted by Gasteiger charge is 2.18. The molecule has 132 valence electrons. The van der Waals surface area contributed by atoms with E-state index in [0.29, 0.717) is 10.0 Å². The van der Waals surface area contributed by atoms with E-state index in [1.807, 2.05) is 29.3 Å². The molecular weight excluding hydrogens is 450 g/mol. The highest BCUT2D eigenvalue weighted by atomic mass is 79.9. The molecule has 25 heavy (non-hydrogen) atoms. The smallest absolute Gasteiger partial charge is 0.142 e. The number of hydrogen-bond donors (Lipinski definition) is 1. The number of methoxy groups -OCH3 is 1. The number of nitrogens with zero attached hydrogens (tertiary/aromatic N) is 3. The van der Waals surface area contributed by atoms with Gasteiger partial charge in [-0.2, -0.15) is 5.10 Å². The van der Waals surface area contributed by atoms with Gasteiger partial charge in [-0.25, -0.2) is 0 Å². The van der Waals surface area contributed by atoms with Crippen LogP contribution in [-0.4, -0.2) is 49.6 Å². The molecule has 1 N–H and O–H groups in total. The van der Waals surface area contributed by atoms with Crippen molar-refractivity contribution in [2.45, 2.75) is 0 Å². The van der Waals surface area contributed by atoms with Gasteiger partial charge in [0.25, 0.3) is 0 Å². The van der Waals surface area contributed by atoms with Gasteiger partial charge < -0.3 is 14.7 Å². The lowest BCUT2D eigenvalue weighted by Crippen LogP contribution is -2.44. The molecule has 0 bridgehead atoms. The first kappa shape index (κ1) is 18.1. The molecule has 1 aliphatic heterocycles. The number of piperazine rings is 1. The Balaban J connectivity index is 1.65. The number of phenolic OH excluding ortho intramolecular Hbond substituents is 1. The van der Waals surface area contributed by atoms with E-state index >= 15 is 0 Å². The molecule has 0 aromatic heterocycles. The van der Waals surface area contributed by atoms with Gasteiger partial charge in [0.1, 0.15) is 11.5 Å². The van der Waals surface area contributed by atoms with Crippen molar-refractivity contribution in [2.75, 3.05) is 38.2 Å². The number of hydrogen-bond acceptors (Lipinski definition) is 5. The minimum absolute atomic E-state index is 0.194. The highest BCUT2D eigenvalue weighted by Crippen LogP contribution is 2.31. The van der Waals surface area contributed by atoms with Crippen LogP contribution in [0.4, 0.5) is 5.69 Å². The maximum absolute atomic E-state index is 10.1. The van der Waals surface area contributed by atoms with Gasteiger partial charge in [-0.3, -0.25) is 5.01 Å². The maximum atomic E-state index is 10.1. The van der Waals surface area contributed by atoms with E-state index in [0.717, 1.165) is 42.1 Å². The number of rotatable bonds is 4. The average Bonchev–Trinajstić information content (AvgIpc) is 2.64. The van der Waals surface area contributed by atoms with Crippen LogP contribution < -0.4 is 9.64 Å². The van der Waals surface area contributed by atoms with Crippen molar-refractivity contribution in [1.82, 2.24) is 5.01 Å². The number of anilines is 1. The van der Waals surface area contributed by atoms with Crippen molar-refractivity contribution < 1.29 is 9.84 Å². The second-order valence-corrected chi connectivity index (χ2v) is 7.45. The molecule has 1 aliphatic rings. The normalized spacial score (nSPS) is 15.0. The summed E-state index contributed by atoms with van der Waals surface area (Å²) in [6, 6.07) is 11.7. The van der Waals surface area contributed by atoms with Gasteiger partial charge in [0.05, 0.1) is 36.6 Å². The number of halogens is 2. The van der Waals surface area contributed by atoms with Crippen LogP contribution in [0.5, 0.6) is 11.5 Å². The van der Waals surface area contributed by atoms with Gasteiger partial charge in [0.2, 0.25) is 0 Å². The van der Waals surface area contributed by atoms with Gasteiger partial charge in [0, 0.05) is 23.1 Å². The summed E-state index contributed by atoms with van der Waals surface area (Å²) in [7, 11) is 1.70. The standard InChI is InChI=1S/C18H19Br2N3O2/c1-25-17-5-3-2-4-16(17)22-6-8-23(9-7-22)21-12-13-10-14(19)11-15(20)18(13)24/h2-5,10-12,24H,6-9H2,1H3/b21-12+. The van der Waals surface area contributed by atoms with E-state index in [1.54, 1.807) is 19.4 Å². The van der Waals surface area contributed by atoms with Crippen LogP contribution in [-0.2, 0) is 0 Å². The van der Waals surface area contributed by atoms with E-state index in [2.05, 4.69) is 47.9 Å². The summed E-state index contributed by atoms with van der Waals surface area (Å²) in [5, 5.41) is 16.6. The Morgan fingerprint density at radius 1 is 1.12 bits per heavy atom. The Labute approximate surface area is 164 Å². The lowest BCUT2D eigenvalue weighted by atomic mass is 10.2. The lowest BCUT2D eigenvalue weighted by molar-refractivity contribution is 0.271. The van der Waals surface area contributed by atoms with E-state index in [4.69, 9.17) is 4.74 Å². The van der Waals surface area contributed by atoms with Gasteiger partial charge in [-0.1, -0.05) is 28.1 Å².